The Bertz CT molecular complexity index is 786. The number of aromatic nitrogens is 3. The van der Waals surface area contributed by atoms with Gasteiger partial charge in [0.25, 0.3) is 0 Å². The van der Waals surface area contributed by atoms with E-state index in [1.807, 2.05) is 12.1 Å². The summed E-state index contributed by atoms with van der Waals surface area (Å²) in [5.41, 5.74) is 1.65. The fraction of sp³-hybridized carbons (Fsp3) is 0.0625. The van der Waals surface area contributed by atoms with Crippen LogP contribution in [0.25, 0.3) is 5.69 Å². The number of nitrogens with one attached hydrogen (secondary N) is 1. The molecule has 5 nitrogen and oxygen atoms in total. The summed E-state index contributed by atoms with van der Waals surface area (Å²) in [7, 11) is 0. The number of nitrogens with zero attached hydrogens (tertiary/aromatic N) is 3. The zero-order chi connectivity index (χ0) is 15.4. The summed E-state index contributed by atoms with van der Waals surface area (Å²) in [6.45, 7) is 0. The Kier molecular flexibility index (Phi) is 3.91. The van der Waals surface area contributed by atoms with E-state index in [2.05, 4.69) is 15.4 Å². The molecule has 0 unspecified atom stereocenters. The first kappa shape index (κ1) is 13.9. The van der Waals surface area contributed by atoms with Crippen molar-refractivity contribution in [2.45, 2.75) is 6.42 Å². The van der Waals surface area contributed by atoms with Gasteiger partial charge in [0.05, 0.1) is 17.8 Å². The summed E-state index contributed by atoms with van der Waals surface area (Å²) in [5, 5.41) is 6.83. The van der Waals surface area contributed by atoms with Crippen molar-refractivity contribution in [1.29, 1.82) is 0 Å². The molecule has 0 radical (unpaired) electrons. The lowest BCUT2D eigenvalue weighted by molar-refractivity contribution is -0.115. The summed E-state index contributed by atoms with van der Waals surface area (Å²) in [4.78, 5) is 16.0. The lowest BCUT2D eigenvalue weighted by atomic mass is 10.1. The van der Waals surface area contributed by atoms with Crippen LogP contribution in [0.4, 0.5) is 10.1 Å². The molecular formula is C16H13FN4O. The fourth-order valence-electron chi connectivity index (χ4n) is 2.12. The molecule has 2 aromatic carbocycles. The molecule has 0 saturated carbocycles. The van der Waals surface area contributed by atoms with Gasteiger partial charge in [0.15, 0.2) is 0 Å². The average molecular weight is 296 g/mol. The maximum absolute atomic E-state index is 13.6. The Labute approximate surface area is 126 Å². The normalized spacial score (nSPS) is 10.4. The minimum absolute atomic E-state index is 0.0294. The van der Waals surface area contributed by atoms with E-state index < -0.39 is 0 Å². The Morgan fingerprint density at radius 3 is 2.68 bits per heavy atom. The monoisotopic (exact) mass is 296 g/mol. The van der Waals surface area contributed by atoms with Crippen molar-refractivity contribution in [2.75, 3.05) is 5.32 Å². The number of anilines is 1. The van der Waals surface area contributed by atoms with Crippen molar-refractivity contribution >= 4 is 11.6 Å². The summed E-state index contributed by atoms with van der Waals surface area (Å²) in [5.74, 6) is -0.681. The molecule has 1 heterocycles. The van der Waals surface area contributed by atoms with Gasteiger partial charge >= 0.3 is 0 Å². The molecule has 1 aromatic heterocycles. The van der Waals surface area contributed by atoms with E-state index in [0.717, 1.165) is 0 Å². The van der Waals surface area contributed by atoms with E-state index in [1.54, 1.807) is 41.3 Å². The Balaban J connectivity index is 1.79. The van der Waals surface area contributed by atoms with E-state index in [1.165, 1.54) is 12.4 Å². The van der Waals surface area contributed by atoms with Crippen molar-refractivity contribution in [3.63, 3.8) is 0 Å². The van der Waals surface area contributed by atoms with E-state index in [4.69, 9.17) is 0 Å². The van der Waals surface area contributed by atoms with E-state index in [0.29, 0.717) is 16.9 Å². The minimum Gasteiger partial charge on any atom is -0.324 e. The topological polar surface area (TPSA) is 59.8 Å². The third-order valence-electron chi connectivity index (χ3n) is 3.15. The number of halogens is 1. The molecule has 110 valence electrons. The van der Waals surface area contributed by atoms with Crippen LogP contribution >= 0.6 is 0 Å². The summed E-state index contributed by atoms with van der Waals surface area (Å²) < 4.78 is 15.1. The second kappa shape index (κ2) is 6.17. The maximum atomic E-state index is 13.6. The molecule has 1 amide bonds. The number of hydrogen-bond acceptors (Lipinski definition) is 3. The van der Waals surface area contributed by atoms with Crippen LogP contribution in [0.3, 0.4) is 0 Å². The number of carbonyl (C=O) groups excluding carboxylic acids is 1. The largest absolute Gasteiger partial charge is 0.324 e. The average Bonchev–Trinajstić information content (AvgIpc) is 3.04. The molecule has 6 heteroatoms. The zero-order valence-electron chi connectivity index (χ0n) is 11.6. The smallest absolute Gasteiger partial charge is 0.228 e. The highest BCUT2D eigenvalue weighted by molar-refractivity contribution is 5.94. The molecule has 1 N–H and O–H groups in total. The van der Waals surface area contributed by atoms with Crippen LogP contribution in [0.5, 0.6) is 0 Å². The van der Waals surface area contributed by atoms with Gasteiger partial charge in [-0.25, -0.2) is 14.1 Å². The molecule has 0 aliphatic rings. The highest BCUT2D eigenvalue weighted by atomic mass is 19.1. The summed E-state index contributed by atoms with van der Waals surface area (Å²) >= 11 is 0. The molecule has 0 saturated heterocycles. The van der Waals surface area contributed by atoms with E-state index in [9.17, 15) is 9.18 Å². The first-order valence-electron chi connectivity index (χ1n) is 6.71. The van der Waals surface area contributed by atoms with Crippen LogP contribution in [0, 0.1) is 5.82 Å². The van der Waals surface area contributed by atoms with Crippen LogP contribution in [-0.2, 0) is 11.2 Å². The standard InChI is InChI=1S/C16H13FN4O/c17-13-6-2-1-5-12(13)9-16(22)20-14-7-3-4-8-15(14)21-11-18-10-19-21/h1-8,10-11H,9H2,(H,20,22). The van der Waals surface area contributed by atoms with Crippen LogP contribution < -0.4 is 5.32 Å². The van der Waals surface area contributed by atoms with Gasteiger partial charge in [-0.05, 0) is 23.8 Å². The van der Waals surface area contributed by atoms with Gasteiger partial charge in [-0.3, -0.25) is 4.79 Å². The van der Waals surface area contributed by atoms with Crippen molar-refractivity contribution in [2.24, 2.45) is 0 Å². The molecule has 0 spiro atoms. The van der Waals surface area contributed by atoms with E-state index >= 15 is 0 Å². The Morgan fingerprint density at radius 1 is 1.14 bits per heavy atom. The molecule has 0 atom stereocenters. The fourth-order valence-corrected chi connectivity index (χ4v) is 2.12. The number of hydrogen-bond donors (Lipinski definition) is 1. The van der Waals surface area contributed by atoms with E-state index in [-0.39, 0.29) is 18.1 Å². The third kappa shape index (κ3) is 3.01. The number of benzene rings is 2. The second-order valence-electron chi connectivity index (χ2n) is 4.67. The number of amides is 1. The molecule has 0 bridgehead atoms. The number of para-hydroxylation sites is 2. The maximum Gasteiger partial charge on any atom is 0.228 e. The minimum atomic E-state index is -0.387. The second-order valence-corrected chi connectivity index (χ2v) is 4.67. The highest BCUT2D eigenvalue weighted by Crippen LogP contribution is 2.19. The molecule has 0 fully saturated rings. The van der Waals surface area contributed by atoms with Gasteiger partial charge in [-0.2, -0.15) is 5.10 Å². The molecule has 0 aliphatic carbocycles. The first-order valence-corrected chi connectivity index (χ1v) is 6.71. The van der Waals surface area contributed by atoms with Gasteiger partial charge in [0.1, 0.15) is 18.5 Å². The van der Waals surface area contributed by atoms with Crippen molar-refractivity contribution in [3.8, 4) is 5.69 Å². The quantitative estimate of drug-likeness (QED) is 0.805. The highest BCUT2D eigenvalue weighted by Gasteiger charge is 2.11. The van der Waals surface area contributed by atoms with Gasteiger partial charge in [0, 0.05) is 0 Å². The number of carbonyl (C=O) groups is 1. The molecule has 0 aliphatic heterocycles. The third-order valence-corrected chi connectivity index (χ3v) is 3.15. The predicted molar refractivity (Wildman–Crippen MR) is 80.1 cm³/mol. The van der Waals surface area contributed by atoms with Crippen LogP contribution in [0.1, 0.15) is 5.56 Å². The lowest BCUT2D eigenvalue weighted by Gasteiger charge is -2.10. The predicted octanol–water partition coefficient (Wildman–Crippen LogP) is 2.59. The van der Waals surface area contributed by atoms with Crippen molar-refractivity contribution in [1.82, 2.24) is 14.8 Å². The summed E-state index contributed by atoms with van der Waals surface area (Å²) in [6.07, 6.45) is 2.93. The van der Waals surface area contributed by atoms with Crippen molar-refractivity contribution in [3.05, 3.63) is 72.6 Å². The van der Waals surface area contributed by atoms with Crippen LogP contribution in [0.2, 0.25) is 0 Å². The Morgan fingerprint density at radius 2 is 1.91 bits per heavy atom. The number of rotatable bonds is 4. The van der Waals surface area contributed by atoms with Gasteiger partial charge in [0.2, 0.25) is 5.91 Å². The summed E-state index contributed by atoms with van der Waals surface area (Å²) in [6, 6.07) is 13.4. The molecule has 22 heavy (non-hydrogen) atoms. The van der Waals surface area contributed by atoms with Crippen LogP contribution in [-0.4, -0.2) is 20.7 Å². The first-order chi connectivity index (χ1) is 10.7. The Hall–Kier alpha value is -3.02. The lowest BCUT2D eigenvalue weighted by Crippen LogP contribution is -2.16. The van der Waals surface area contributed by atoms with Crippen LogP contribution in [0.15, 0.2) is 61.2 Å². The molecule has 3 aromatic rings. The SMILES string of the molecule is O=C(Cc1ccccc1F)Nc1ccccc1-n1cncn1. The zero-order valence-corrected chi connectivity index (χ0v) is 11.6. The van der Waals surface area contributed by atoms with Gasteiger partial charge in [-0.1, -0.05) is 30.3 Å². The molecular weight excluding hydrogens is 283 g/mol. The van der Waals surface area contributed by atoms with Gasteiger partial charge < -0.3 is 5.32 Å². The molecule has 3 rings (SSSR count). The van der Waals surface area contributed by atoms with Crippen molar-refractivity contribution < 1.29 is 9.18 Å². The van der Waals surface area contributed by atoms with Gasteiger partial charge in [-0.15, -0.1) is 0 Å².